The highest BCUT2D eigenvalue weighted by molar-refractivity contribution is 6.06. The van der Waals surface area contributed by atoms with Gasteiger partial charge in [0, 0.05) is 55.9 Å². The summed E-state index contributed by atoms with van der Waals surface area (Å²) in [6.45, 7) is 11.4. The third-order valence-corrected chi connectivity index (χ3v) is 7.40. The van der Waals surface area contributed by atoms with E-state index in [2.05, 4.69) is 11.0 Å². The summed E-state index contributed by atoms with van der Waals surface area (Å²) in [6, 6.07) is 13.2. The molecule has 3 heterocycles. The Morgan fingerprint density at radius 2 is 1.68 bits per heavy atom. The van der Waals surface area contributed by atoms with Crippen LogP contribution in [0, 0.1) is 12.3 Å². The zero-order chi connectivity index (χ0) is 27.2. The van der Waals surface area contributed by atoms with Gasteiger partial charge in [-0.1, -0.05) is 12.1 Å². The zero-order valence-electron chi connectivity index (χ0n) is 22.8. The van der Waals surface area contributed by atoms with Crippen LogP contribution in [0.4, 0.5) is 21.0 Å². The smallest absolute Gasteiger partial charge is 0.410 e. The molecule has 9 nitrogen and oxygen atoms in total. The molecule has 4 amide bonds. The van der Waals surface area contributed by atoms with Crippen LogP contribution in [0.1, 0.15) is 38.3 Å². The molecular weight excluding hydrogens is 484 g/mol. The first-order valence-corrected chi connectivity index (χ1v) is 13.1. The molecule has 3 saturated heterocycles. The predicted octanol–water partition coefficient (Wildman–Crippen LogP) is 4.42. The van der Waals surface area contributed by atoms with Crippen LogP contribution in [0.25, 0.3) is 0 Å². The molecule has 0 saturated carbocycles. The predicted molar refractivity (Wildman–Crippen MR) is 145 cm³/mol. The first-order chi connectivity index (χ1) is 18.0. The number of carbonyl (C=O) groups is 3. The van der Waals surface area contributed by atoms with E-state index in [1.54, 1.807) is 16.9 Å². The number of methoxy groups -OCH3 is 1. The molecule has 3 aliphatic rings. The van der Waals surface area contributed by atoms with Gasteiger partial charge in [0.15, 0.2) is 0 Å². The second kappa shape index (κ2) is 9.53. The lowest BCUT2D eigenvalue weighted by molar-refractivity contribution is -0.129. The molecule has 2 aromatic rings. The molecule has 3 fully saturated rings. The Kier molecular flexibility index (Phi) is 6.49. The average Bonchev–Trinajstić information content (AvgIpc) is 2.80. The second-order valence-electron chi connectivity index (χ2n) is 11.7. The molecule has 3 aliphatic heterocycles. The molecule has 0 aliphatic carbocycles. The standard InChI is InChI=1S/C29H36N4O5/c1-20-14-22(30-16-29(17-30)18-31(19-29)27(36)38-28(2,3)4)8-11-24(20)32-13-12-25(34)33(26(32)35)15-21-6-9-23(37-5)10-7-21/h6-11,14H,12-13,15-19H2,1-5H3. The van der Waals surface area contributed by atoms with Gasteiger partial charge in [0.25, 0.3) is 0 Å². The van der Waals surface area contributed by atoms with Gasteiger partial charge in [-0.15, -0.1) is 0 Å². The molecule has 0 unspecified atom stereocenters. The highest BCUT2D eigenvalue weighted by atomic mass is 16.6. The van der Waals surface area contributed by atoms with Gasteiger partial charge in [-0.2, -0.15) is 0 Å². The van der Waals surface area contributed by atoms with E-state index in [-0.39, 0.29) is 36.4 Å². The normalized spacial score (nSPS) is 18.9. The van der Waals surface area contributed by atoms with E-state index in [9.17, 15) is 14.4 Å². The summed E-state index contributed by atoms with van der Waals surface area (Å²) in [5.74, 6) is 0.566. The van der Waals surface area contributed by atoms with Crippen molar-refractivity contribution in [2.45, 2.75) is 46.3 Å². The van der Waals surface area contributed by atoms with Crippen molar-refractivity contribution in [2.75, 3.05) is 49.6 Å². The zero-order valence-corrected chi connectivity index (χ0v) is 22.8. The largest absolute Gasteiger partial charge is 0.497 e. The number of hydrogen-bond acceptors (Lipinski definition) is 6. The van der Waals surface area contributed by atoms with Gasteiger partial charge < -0.3 is 19.3 Å². The van der Waals surface area contributed by atoms with E-state index < -0.39 is 5.60 Å². The minimum atomic E-state index is -0.486. The second-order valence-corrected chi connectivity index (χ2v) is 11.7. The Hall–Kier alpha value is -3.75. The van der Waals surface area contributed by atoms with E-state index in [0.29, 0.717) is 6.54 Å². The van der Waals surface area contributed by atoms with Crippen LogP contribution in [0.3, 0.4) is 0 Å². The van der Waals surface area contributed by atoms with Crippen LogP contribution >= 0.6 is 0 Å². The van der Waals surface area contributed by atoms with E-state index in [0.717, 1.165) is 54.4 Å². The number of imide groups is 1. The maximum Gasteiger partial charge on any atom is 0.410 e. The minimum absolute atomic E-state index is 0.134. The molecular formula is C29H36N4O5. The third kappa shape index (κ3) is 5.01. The number of amides is 4. The molecule has 0 radical (unpaired) electrons. The number of rotatable bonds is 5. The average molecular weight is 521 g/mol. The van der Waals surface area contributed by atoms with E-state index in [1.807, 2.05) is 64.1 Å². The van der Waals surface area contributed by atoms with E-state index in [4.69, 9.17) is 9.47 Å². The summed E-state index contributed by atoms with van der Waals surface area (Å²) < 4.78 is 10.7. The van der Waals surface area contributed by atoms with Crippen LogP contribution in [0.2, 0.25) is 0 Å². The van der Waals surface area contributed by atoms with Gasteiger partial charge in [-0.05, 0) is 69.2 Å². The lowest BCUT2D eigenvalue weighted by atomic mass is 9.73. The first-order valence-electron chi connectivity index (χ1n) is 13.1. The SMILES string of the molecule is COc1ccc(CN2C(=O)CCN(c3ccc(N4CC5(CN(C(=O)OC(C)(C)C)C5)C4)cc3C)C2=O)cc1. The lowest BCUT2D eigenvalue weighted by Crippen LogP contribution is -2.73. The van der Waals surface area contributed by atoms with Gasteiger partial charge >= 0.3 is 12.1 Å². The van der Waals surface area contributed by atoms with Crippen LogP contribution < -0.4 is 14.5 Å². The monoisotopic (exact) mass is 520 g/mol. The van der Waals surface area contributed by atoms with Crippen molar-refractivity contribution in [3.63, 3.8) is 0 Å². The molecule has 38 heavy (non-hydrogen) atoms. The van der Waals surface area contributed by atoms with Crippen LogP contribution in [-0.2, 0) is 16.1 Å². The first kappa shape index (κ1) is 25.9. The Balaban J connectivity index is 1.20. The number of ether oxygens (including phenoxy) is 2. The summed E-state index contributed by atoms with van der Waals surface area (Å²) in [7, 11) is 1.60. The van der Waals surface area contributed by atoms with Crippen molar-refractivity contribution < 1.29 is 23.9 Å². The summed E-state index contributed by atoms with van der Waals surface area (Å²) in [5, 5.41) is 0. The van der Waals surface area contributed by atoms with Crippen molar-refractivity contribution in [1.29, 1.82) is 0 Å². The fourth-order valence-electron chi connectivity index (χ4n) is 5.49. The number of urea groups is 1. The third-order valence-electron chi connectivity index (χ3n) is 7.40. The Morgan fingerprint density at radius 3 is 2.29 bits per heavy atom. The molecule has 0 aromatic heterocycles. The molecule has 0 N–H and O–H groups in total. The number of likely N-dealkylation sites (tertiary alicyclic amines) is 1. The van der Waals surface area contributed by atoms with Crippen molar-refractivity contribution in [1.82, 2.24) is 9.80 Å². The fraction of sp³-hybridized carbons (Fsp3) is 0.483. The van der Waals surface area contributed by atoms with Crippen molar-refractivity contribution >= 4 is 29.4 Å². The Bertz CT molecular complexity index is 1240. The number of nitrogens with zero attached hydrogens (tertiary/aromatic N) is 4. The van der Waals surface area contributed by atoms with Crippen LogP contribution in [0.15, 0.2) is 42.5 Å². The van der Waals surface area contributed by atoms with Crippen LogP contribution in [0.5, 0.6) is 5.75 Å². The summed E-state index contributed by atoms with van der Waals surface area (Å²) in [5.41, 5.74) is 3.42. The lowest BCUT2D eigenvalue weighted by Gasteiger charge is -2.60. The minimum Gasteiger partial charge on any atom is -0.497 e. The Labute approximate surface area is 223 Å². The summed E-state index contributed by atoms with van der Waals surface area (Å²) in [6.07, 6.45) is 0.0405. The topological polar surface area (TPSA) is 82.6 Å². The molecule has 202 valence electrons. The summed E-state index contributed by atoms with van der Waals surface area (Å²) >= 11 is 0. The highest BCUT2D eigenvalue weighted by Gasteiger charge is 2.54. The van der Waals surface area contributed by atoms with Crippen molar-refractivity contribution in [2.24, 2.45) is 5.41 Å². The fourth-order valence-corrected chi connectivity index (χ4v) is 5.49. The number of aryl methyl sites for hydroxylation is 1. The number of carbonyl (C=O) groups excluding carboxylic acids is 3. The van der Waals surface area contributed by atoms with Gasteiger partial charge in [-0.25, -0.2) is 9.59 Å². The quantitative estimate of drug-likeness (QED) is 0.581. The molecule has 5 rings (SSSR count). The van der Waals surface area contributed by atoms with Gasteiger partial charge in [0.1, 0.15) is 11.4 Å². The molecule has 9 heteroatoms. The number of benzene rings is 2. The Morgan fingerprint density at radius 1 is 1.00 bits per heavy atom. The summed E-state index contributed by atoms with van der Waals surface area (Å²) in [4.78, 5) is 45.4. The van der Waals surface area contributed by atoms with E-state index >= 15 is 0 Å². The number of hydrogen-bond donors (Lipinski definition) is 0. The number of anilines is 2. The maximum absolute atomic E-state index is 13.4. The molecule has 2 aromatic carbocycles. The van der Waals surface area contributed by atoms with Gasteiger partial charge in [-0.3, -0.25) is 14.6 Å². The van der Waals surface area contributed by atoms with Gasteiger partial charge in [0.2, 0.25) is 5.91 Å². The molecule has 0 atom stereocenters. The highest BCUT2D eigenvalue weighted by Crippen LogP contribution is 2.43. The molecule has 0 bridgehead atoms. The van der Waals surface area contributed by atoms with Gasteiger partial charge in [0.05, 0.1) is 13.7 Å². The van der Waals surface area contributed by atoms with Crippen molar-refractivity contribution in [3.8, 4) is 5.75 Å². The van der Waals surface area contributed by atoms with Crippen molar-refractivity contribution in [3.05, 3.63) is 53.6 Å². The maximum atomic E-state index is 13.4. The molecule has 1 spiro atoms. The van der Waals surface area contributed by atoms with Crippen LogP contribution in [-0.4, -0.2) is 73.3 Å². The van der Waals surface area contributed by atoms with E-state index in [1.165, 1.54) is 4.90 Å².